The molecule has 0 aliphatic carbocycles. The number of benzene rings is 1. The number of nitrogens with one attached hydrogen (secondary N) is 2. The third-order valence-corrected chi connectivity index (χ3v) is 5.79. The second kappa shape index (κ2) is 9.48. The van der Waals surface area contributed by atoms with Crippen LogP contribution in [-0.2, 0) is 17.8 Å². The maximum atomic E-state index is 11.8. The summed E-state index contributed by atoms with van der Waals surface area (Å²) < 4.78 is 5.56. The van der Waals surface area contributed by atoms with E-state index in [1.54, 1.807) is 6.20 Å². The van der Waals surface area contributed by atoms with Crippen molar-refractivity contribution in [3.8, 4) is 11.4 Å². The van der Waals surface area contributed by atoms with Crippen molar-refractivity contribution in [1.29, 1.82) is 0 Å². The first kappa shape index (κ1) is 21.8. The first-order valence-electron chi connectivity index (χ1n) is 11.3. The zero-order valence-electron chi connectivity index (χ0n) is 19.0. The number of fused-ring (bicyclic) bond motifs is 1. The minimum absolute atomic E-state index is 0.232. The van der Waals surface area contributed by atoms with E-state index < -0.39 is 0 Å². The van der Waals surface area contributed by atoms with E-state index in [0.717, 1.165) is 41.5 Å². The summed E-state index contributed by atoms with van der Waals surface area (Å²) in [6.07, 6.45) is 1.66. The van der Waals surface area contributed by atoms with Crippen molar-refractivity contribution in [2.45, 2.75) is 20.0 Å². The molecule has 0 spiro atoms. The molecule has 11 heteroatoms. The molecule has 0 unspecified atom stereocenters. The molecule has 0 saturated carbocycles. The van der Waals surface area contributed by atoms with Gasteiger partial charge in [0.2, 0.25) is 5.95 Å². The lowest BCUT2D eigenvalue weighted by Gasteiger charge is -2.29. The van der Waals surface area contributed by atoms with E-state index in [1.807, 2.05) is 37.3 Å². The molecule has 1 fully saturated rings. The van der Waals surface area contributed by atoms with E-state index in [2.05, 4.69) is 30.4 Å². The molecule has 2 aliphatic heterocycles. The fraction of sp³-hybridized carbons (Fsp3) is 0.348. The van der Waals surface area contributed by atoms with Gasteiger partial charge in [-0.2, -0.15) is 4.98 Å². The first-order chi connectivity index (χ1) is 16.6. The largest absolute Gasteiger partial charge is 0.378 e. The Morgan fingerprint density at radius 1 is 1.06 bits per heavy atom. The first-order valence-corrected chi connectivity index (χ1v) is 11.3. The van der Waals surface area contributed by atoms with Crippen LogP contribution in [0.2, 0.25) is 0 Å². The summed E-state index contributed by atoms with van der Waals surface area (Å²) in [5.74, 6) is 2.59. The van der Waals surface area contributed by atoms with E-state index in [1.165, 1.54) is 0 Å². The van der Waals surface area contributed by atoms with Gasteiger partial charge >= 0.3 is 6.03 Å². The fourth-order valence-corrected chi connectivity index (χ4v) is 4.14. The zero-order valence-corrected chi connectivity index (χ0v) is 19.0. The summed E-state index contributed by atoms with van der Waals surface area (Å²) in [5, 5.41) is 5.53. The lowest BCUT2D eigenvalue weighted by Crippen LogP contribution is -2.37. The number of ether oxygens (including phenoxy) is 1. The van der Waals surface area contributed by atoms with Crippen LogP contribution in [0, 0.1) is 0 Å². The topological polar surface area (TPSA) is 134 Å². The number of hydrogen-bond acceptors (Lipinski definition) is 9. The van der Waals surface area contributed by atoms with E-state index in [4.69, 9.17) is 20.4 Å². The Hall–Kier alpha value is -3.99. The smallest absolute Gasteiger partial charge is 0.319 e. The van der Waals surface area contributed by atoms with Gasteiger partial charge in [-0.25, -0.2) is 19.7 Å². The van der Waals surface area contributed by atoms with Crippen molar-refractivity contribution in [2.75, 3.05) is 53.7 Å². The van der Waals surface area contributed by atoms with E-state index in [0.29, 0.717) is 44.4 Å². The van der Waals surface area contributed by atoms with E-state index in [-0.39, 0.29) is 12.0 Å². The minimum Gasteiger partial charge on any atom is -0.378 e. The summed E-state index contributed by atoms with van der Waals surface area (Å²) in [4.78, 5) is 34.5. The highest BCUT2D eigenvalue weighted by molar-refractivity contribution is 5.89. The number of nitrogens with zero attached hydrogens (tertiary/aromatic N) is 6. The molecule has 0 bridgehead atoms. The highest BCUT2D eigenvalue weighted by Crippen LogP contribution is 2.34. The lowest BCUT2D eigenvalue weighted by molar-refractivity contribution is 0.122. The molecule has 1 saturated heterocycles. The standard InChI is InChI=1S/C23H27N9O2/c1-2-25-23(33)27-16-5-3-15(4-6-16)20-28-18-14-32(19-7-8-26-22(24)29-19)13-17(18)21(30-20)31-9-11-34-12-10-31/h3-8H,2,9-14H2,1H3,(H2,24,26,29)(H2,25,27,33). The highest BCUT2D eigenvalue weighted by Gasteiger charge is 2.29. The normalized spacial score (nSPS) is 15.2. The van der Waals surface area contributed by atoms with Crippen molar-refractivity contribution in [2.24, 2.45) is 0 Å². The van der Waals surface area contributed by atoms with Gasteiger partial charge in [-0.15, -0.1) is 0 Å². The molecule has 0 atom stereocenters. The van der Waals surface area contributed by atoms with Crippen LogP contribution in [0.25, 0.3) is 11.4 Å². The lowest BCUT2D eigenvalue weighted by atomic mass is 10.1. The quantitative estimate of drug-likeness (QED) is 0.521. The molecule has 0 radical (unpaired) electrons. The molecule has 2 aromatic heterocycles. The number of nitrogens with two attached hydrogens (primary N) is 1. The molecule has 176 valence electrons. The van der Waals surface area contributed by atoms with Gasteiger partial charge in [-0.05, 0) is 37.3 Å². The average Bonchev–Trinajstić information content (AvgIpc) is 3.29. The molecular weight excluding hydrogens is 434 g/mol. The number of amides is 2. The summed E-state index contributed by atoms with van der Waals surface area (Å²) in [6, 6.07) is 9.17. The van der Waals surface area contributed by atoms with E-state index in [9.17, 15) is 4.79 Å². The molecule has 2 amide bonds. The molecule has 5 rings (SSSR count). The molecule has 4 N–H and O–H groups in total. The van der Waals surface area contributed by atoms with Crippen LogP contribution in [0.3, 0.4) is 0 Å². The van der Waals surface area contributed by atoms with Crippen molar-refractivity contribution in [3.63, 3.8) is 0 Å². The van der Waals surface area contributed by atoms with Gasteiger partial charge < -0.3 is 30.9 Å². The number of carbonyl (C=O) groups excluding carboxylic acids is 1. The average molecular weight is 462 g/mol. The van der Waals surface area contributed by atoms with Gasteiger partial charge in [0.25, 0.3) is 0 Å². The monoisotopic (exact) mass is 461 g/mol. The van der Waals surface area contributed by atoms with Crippen molar-refractivity contribution < 1.29 is 9.53 Å². The Morgan fingerprint density at radius 3 is 2.59 bits per heavy atom. The number of carbonyl (C=O) groups is 1. The Balaban J connectivity index is 1.46. The molecule has 34 heavy (non-hydrogen) atoms. The van der Waals surface area contributed by atoms with Crippen molar-refractivity contribution >= 4 is 29.3 Å². The molecule has 3 aromatic rings. The Labute approximate surface area is 197 Å². The predicted octanol–water partition coefficient (Wildman–Crippen LogP) is 2.01. The van der Waals surface area contributed by atoms with Crippen molar-refractivity contribution in [3.05, 3.63) is 47.8 Å². The van der Waals surface area contributed by atoms with Crippen LogP contribution in [0.1, 0.15) is 18.2 Å². The molecule has 4 heterocycles. The second-order valence-corrected chi connectivity index (χ2v) is 8.09. The third-order valence-electron chi connectivity index (χ3n) is 5.79. The maximum absolute atomic E-state index is 11.8. The zero-order chi connectivity index (χ0) is 23.5. The highest BCUT2D eigenvalue weighted by atomic mass is 16.5. The summed E-state index contributed by atoms with van der Waals surface area (Å²) in [6.45, 7) is 6.58. The van der Waals surface area contributed by atoms with Crippen LogP contribution < -0.4 is 26.2 Å². The third kappa shape index (κ3) is 4.55. The van der Waals surface area contributed by atoms with Crippen LogP contribution in [-0.4, -0.2) is 58.8 Å². The Morgan fingerprint density at radius 2 is 1.85 bits per heavy atom. The molecule has 1 aromatic carbocycles. The summed E-state index contributed by atoms with van der Waals surface area (Å²) in [5.41, 5.74) is 9.45. The number of hydrogen-bond donors (Lipinski definition) is 3. The van der Waals surface area contributed by atoms with Gasteiger partial charge in [0, 0.05) is 42.6 Å². The molecular formula is C23H27N9O2. The number of urea groups is 1. The van der Waals surface area contributed by atoms with Crippen LogP contribution in [0.4, 0.5) is 28.1 Å². The van der Waals surface area contributed by atoms with Gasteiger partial charge in [0.1, 0.15) is 11.6 Å². The SMILES string of the molecule is CCNC(=O)Nc1ccc(-c2nc3c(c(N4CCOCC4)n2)CN(c2ccnc(N)n2)C3)cc1. The fourth-order valence-electron chi connectivity index (χ4n) is 4.14. The molecule has 2 aliphatic rings. The number of anilines is 4. The number of nitrogen functional groups attached to an aromatic ring is 1. The summed E-state index contributed by atoms with van der Waals surface area (Å²) >= 11 is 0. The number of morpholine rings is 1. The Bertz CT molecular complexity index is 1180. The molecule has 11 nitrogen and oxygen atoms in total. The summed E-state index contributed by atoms with van der Waals surface area (Å²) in [7, 11) is 0. The predicted molar refractivity (Wildman–Crippen MR) is 130 cm³/mol. The number of rotatable bonds is 5. The minimum atomic E-state index is -0.232. The van der Waals surface area contributed by atoms with E-state index >= 15 is 0 Å². The van der Waals surface area contributed by atoms with Crippen molar-refractivity contribution in [1.82, 2.24) is 25.3 Å². The number of aromatic nitrogens is 4. The van der Waals surface area contributed by atoms with Crippen LogP contribution >= 0.6 is 0 Å². The second-order valence-electron chi connectivity index (χ2n) is 8.09. The van der Waals surface area contributed by atoms with Gasteiger partial charge in [-0.3, -0.25) is 0 Å². The van der Waals surface area contributed by atoms with Crippen LogP contribution in [0.5, 0.6) is 0 Å². The Kier molecular flexibility index (Phi) is 6.09. The van der Waals surface area contributed by atoms with Gasteiger partial charge in [0.05, 0.1) is 32.0 Å². The van der Waals surface area contributed by atoms with Crippen LogP contribution in [0.15, 0.2) is 36.5 Å². The van der Waals surface area contributed by atoms with Gasteiger partial charge in [-0.1, -0.05) is 0 Å². The maximum Gasteiger partial charge on any atom is 0.319 e. The van der Waals surface area contributed by atoms with Gasteiger partial charge in [0.15, 0.2) is 5.82 Å².